The third-order valence-electron chi connectivity index (χ3n) is 0.587. The summed E-state index contributed by atoms with van der Waals surface area (Å²) in [4.78, 5) is 35.9. The fourth-order valence-electron chi connectivity index (χ4n) is 0.254. The first kappa shape index (κ1) is 10.2. The molecule has 0 heterocycles. The van der Waals surface area contributed by atoms with Gasteiger partial charge in [0.2, 0.25) is 0 Å². The van der Waals surface area contributed by atoms with Gasteiger partial charge in [-0.05, 0) is 0 Å². The summed E-state index contributed by atoms with van der Waals surface area (Å²) in [5.74, 6) is -1.05. The third-order valence-corrected chi connectivity index (χ3v) is 1.05. The molecule has 2 N–H and O–H groups in total. The Morgan fingerprint density at radius 1 is 1.55 bits per heavy atom. The summed E-state index contributed by atoms with van der Waals surface area (Å²) in [6, 6.07) is 0. The van der Waals surface area contributed by atoms with Crippen LogP contribution in [0.2, 0.25) is 0 Å². The van der Waals surface area contributed by atoms with E-state index in [2.05, 4.69) is 9.91 Å². The largest absolute Gasteiger partial charge is 0.451 e. The Bertz CT molecular complexity index is 196. The molecule has 0 spiro atoms. The van der Waals surface area contributed by atoms with E-state index >= 15 is 0 Å². The van der Waals surface area contributed by atoms with Crippen LogP contribution in [0.15, 0.2) is 5.18 Å². The number of hydrogen-bond donors (Lipinski definition) is 2. The minimum absolute atomic E-state index is 0.736. The number of carbonyl (C=O) groups excluding carboxylic acids is 1. The highest BCUT2D eigenvalue weighted by atomic mass is 31.2. The highest BCUT2D eigenvalue weighted by Crippen LogP contribution is 2.33. The molecule has 8 heteroatoms. The Balaban J connectivity index is 3.63. The molecule has 64 valence electrons. The van der Waals surface area contributed by atoms with Crippen molar-refractivity contribution in [3.63, 3.8) is 0 Å². The smallest absolute Gasteiger partial charge is 0.362 e. The predicted octanol–water partition coefficient (Wildman–Crippen LogP) is -0.569. The van der Waals surface area contributed by atoms with Crippen LogP contribution in [-0.4, -0.2) is 28.6 Å². The molecule has 0 aliphatic rings. The van der Waals surface area contributed by atoms with Gasteiger partial charge in [0.15, 0.2) is 12.9 Å². The van der Waals surface area contributed by atoms with Crippen molar-refractivity contribution >= 4 is 13.6 Å². The summed E-state index contributed by atoms with van der Waals surface area (Å²) >= 11 is 0. The van der Waals surface area contributed by atoms with Crippen molar-refractivity contribution in [2.24, 2.45) is 5.18 Å². The molecule has 0 unspecified atom stereocenters. The van der Waals surface area contributed by atoms with Gasteiger partial charge in [-0.2, -0.15) is 4.91 Å². The summed E-state index contributed by atoms with van der Waals surface area (Å²) in [6.07, 6.45) is -1.01. The zero-order valence-electron chi connectivity index (χ0n) is 5.34. The maximum absolute atomic E-state index is 10.2. The van der Waals surface area contributed by atoms with Crippen LogP contribution in [-0.2, 0) is 14.1 Å². The molecule has 0 aromatic heterocycles. The van der Waals surface area contributed by atoms with Crippen molar-refractivity contribution in [3.05, 3.63) is 4.91 Å². The molecule has 0 amide bonds. The average Bonchev–Trinajstić information content (AvgIpc) is 1.83. The molecule has 0 bridgehead atoms. The highest BCUT2D eigenvalue weighted by molar-refractivity contribution is 7.51. The van der Waals surface area contributed by atoms with Gasteiger partial charge in [0.05, 0.1) is 0 Å². The van der Waals surface area contributed by atoms with Gasteiger partial charge in [-0.25, -0.2) is 4.79 Å². The quantitative estimate of drug-likeness (QED) is 0.342. The van der Waals surface area contributed by atoms with Crippen LogP contribution < -0.4 is 0 Å². The fourth-order valence-corrected chi connectivity index (χ4v) is 0.567. The van der Waals surface area contributed by atoms with Gasteiger partial charge in [-0.1, -0.05) is 5.18 Å². The van der Waals surface area contributed by atoms with Crippen molar-refractivity contribution in [2.45, 2.75) is 0 Å². The minimum Gasteiger partial charge on any atom is -0.451 e. The van der Waals surface area contributed by atoms with Gasteiger partial charge in [-0.3, -0.25) is 4.57 Å². The maximum Gasteiger partial charge on any atom is 0.362 e. The summed E-state index contributed by atoms with van der Waals surface area (Å²) in [5.41, 5.74) is 0. The normalized spacial score (nSPS) is 10.7. The first-order valence-corrected chi connectivity index (χ1v) is 4.25. The van der Waals surface area contributed by atoms with Crippen molar-refractivity contribution in [3.8, 4) is 0 Å². The maximum atomic E-state index is 10.2. The molecule has 7 nitrogen and oxygen atoms in total. The van der Waals surface area contributed by atoms with Gasteiger partial charge in [0.25, 0.3) is 0 Å². The van der Waals surface area contributed by atoms with Crippen LogP contribution in [0.3, 0.4) is 0 Å². The molecule has 0 saturated heterocycles. The third kappa shape index (κ3) is 7.11. The van der Waals surface area contributed by atoms with Crippen LogP contribution >= 0.6 is 7.60 Å². The van der Waals surface area contributed by atoms with Crippen LogP contribution in [0, 0.1) is 4.91 Å². The van der Waals surface area contributed by atoms with Gasteiger partial charge in [-0.15, -0.1) is 0 Å². The number of nitroso groups, excluding NO2 is 1. The molecule has 0 rings (SSSR count). The van der Waals surface area contributed by atoms with Crippen LogP contribution in [0.5, 0.6) is 0 Å². The number of esters is 1. The van der Waals surface area contributed by atoms with E-state index < -0.39 is 26.5 Å². The number of ether oxygens (including phenoxy) is 1. The molecule has 0 aliphatic heterocycles. The van der Waals surface area contributed by atoms with Gasteiger partial charge >= 0.3 is 13.6 Å². The van der Waals surface area contributed by atoms with Crippen LogP contribution in [0.1, 0.15) is 0 Å². The van der Waals surface area contributed by atoms with E-state index in [9.17, 15) is 14.3 Å². The zero-order valence-corrected chi connectivity index (χ0v) is 6.23. The van der Waals surface area contributed by atoms with E-state index in [1.807, 2.05) is 0 Å². The summed E-state index contributed by atoms with van der Waals surface area (Å²) < 4.78 is 14.0. The van der Waals surface area contributed by atoms with E-state index in [0.29, 0.717) is 0 Å². The zero-order chi connectivity index (χ0) is 8.91. The molecule has 0 aromatic rings. The number of rotatable bonds is 4. The Hall–Kier alpha value is -0.780. The molecule has 0 fully saturated rings. The van der Waals surface area contributed by atoms with Gasteiger partial charge in [0, 0.05) is 0 Å². The summed E-state index contributed by atoms with van der Waals surface area (Å²) in [5, 5.41) is 2.16. The second-order valence-corrected chi connectivity index (χ2v) is 3.18. The SMILES string of the molecule is O=NCC(=O)OCP(=O)(O)O. The van der Waals surface area contributed by atoms with Crippen LogP contribution in [0.25, 0.3) is 0 Å². The first-order valence-electron chi connectivity index (χ1n) is 2.45. The fraction of sp³-hybridized carbons (Fsp3) is 0.667. The van der Waals surface area contributed by atoms with E-state index in [1.54, 1.807) is 0 Å². The second-order valence-electron chi connectivity index (χ2n) is 1.60. The Morgan fingerprint density at radius 3 is 2.45 bits per heavy atom. The molecular weight excluding hydrogens is 177 g/mol. The lowest BCUT2D eigenvalue weighted by molar-refractivity contribution is -0.140. The lowest BCUT2D eigenvalue weighted by Crippen LogP contribution is -2.08. The molecule has 0 radical (unpaired) electrons. The summed E-state index contributed by atoms with van der Waals surface area (Å²) in [6.45, 7) is -0.736. The van der Waals surface area contributed by atoms with Crippen LogP contribution in [0.4, 0.5) is 0 Å². The van der Waals surface area contributed by atoms with E-state index in [0.717, 1.165) is 0 Å². The van der Waals surface area contributed by atoms with Gasteiger partial charge < -0.3 is 14.5 Å². The summed E-state index contributed by atoms with van der Waals surface area (Å²) in [7, 11) is -4.33. The minimum atomic E-state index is -4.33. The number of hydrogen-bond acceptors (Lipinski definition) is 5. The topological polar surface area (TPSA) is 113 Å². The first-order chi connectivity index (χ1) is 4.95. The molecular formula is C3H6NO6P. The Kier molecular flexibility index (Phi) is 3.88. The monoisotopic (exact) mass is 183 g/mol. The van der Waals surface area contributed by atoms with Crippen molar-refractivity contribution in [1.29, 1.82) is 0 Å². The molecule has 0 saturated carbocycles. The van der Waals surface area contributed by atoms with Crippen molar-refractivity contribution in [2.75, 3.05) is 12.9 Å². The lowest BCUT2D eigenvalue weighted by Gasteiger charge is -2.02. The molecule has 0 atom stereocenters. The number of carbonyl (C=O) groups is 1. The van der Waals surface area contributed by atoms with Gasteiger partial charge in [0.1, 0.15) is 0 Å². The highest BCUT2D eigenvalue weighted by Gasteiger charge is 2.15. The standard InChI is InChI=1S/C3H6NO6P/c5-3(1-4-6)10-2-11(7,8)9/h1-2H2,(H2,7,8,9). The Labute approximate surface area is 61.5 Å². The predicted molar refractivity (Wildman–Crippen MR) is 33.7 cm³/mol. The second kappa shape index (κ2) is 4.17. The van der Waals surface area contributed by atoms with E-state index in [-0.39, 0.29) is 0 Å². The van der Waals surface area contributed by atoms with Crippen molar-refractivity contribution in [1.82, 2.24) is 0 Å². The molecule has 0 aromatic carbocycles. The molecule has 11 heavy (non-hydrogen) atoms. The molecule has 0 aliphatic carbocycles. The lowest BCUT2D eigenvalue weighted by atomic mass is 10.7. The Morgan fingerprint density at radius 2 is 2.09 bits per heavy atom. The van der Waals surface area contributed by atoms with E-state index in [1.165, 1.54) is 0 Å². The number of nitrogens with zero attached hydrogens (tertiary/aromatic N) is 1. The van der Waals surface area contributed by atoms with E-state index in [4.69, 9.17) is 9.79 Å². The average molecular weight is 183 g/mol. The van der Waals surface area contributed by atoms with Crippen molar-refractivity contribution < 1.29 is 23.9 Å².